The maximum Gasteiger partial charge on any atom is 0.231 e. The third-order valence-electron chi connectivity index (χ3n) is 4.90. The van der Waals surface area contributed by atoms with Crippen LogP contribution in [0.5, 0.6) is 23.0 Å². The summed E-state index contributed by atoms with van der Waals surface area (Å²) in [5, 5.41) is 4.59. The molecule has 1 aliphatic rings. The Morgan fingerprint density at radius 3 is 2.68 bits per heavy atom. The van der Waals surface area contributed by atoms with E-state index in [1.54, 1.807) is 13.2 Å². The second-order valence-electron chi connectivity index (χ2n) is 6.82. The lowest BCUT2D eigenvalue weighted by atomic mass is 10.2. The molecule has 0 bridgehead atoms. The van der Waals surface area contributed by atoms with Crippen molar-refractivity contribution in [3.05, 3.63) is 71.5 Å². The molecule has 0 fully saturated rings. The summed E-state index contributed by atoms with van der Waals surface area (Å²) < 4.78 is 22.2. The van der Waals surface area contributed by atoms with Crippen molar-refractivity contribution in [1.29, 1.82) is 0 Å². The van der Waals surface area contributed by atoms with E-state index in [1.165, 1.54) is 6.33 Å². The van der Waals surface area contributed by atoms with E-state index in [-0.39, 0.29) is 6.79 Å². The Labute approximate surface area is 183 Å². The summed E-state index contributed by atoms with van der Waals surface area (Å²) in [7, 11) is 1.64. The number of aromatic nitrogens is 2. The summed E-state index contributed by atoms with van der Waals surface area (Å²) in [4.78, 5) is 8.68. The zero-order valence-corrected chi connectivity index (χ0v) is 17.3. The Bertz CT molecular complexity index is 1270. The summed E-state index contributed by atoms with van der Waals surface area (Å²) >= 11 is 6.46. The number of fused-ring (bicyclic) bond motifs is 2. The number of nitrogens with zero attached hydrogens (tertiary/aromatic N) is 2. The van der Waals surface area contributed by atoms with Crippen molar-refractivity contribution < 1.29 is 18.9 Å². The molecule has 4 aromatic rings. The molecular formula is C23H18ClN3O4. The van der Waals surface area contributed by atoms with E-state index in [1.807, 2.05) is 48.5 Å². The van der Waals surface area contributed by atoms with Crippen molar-refractivity contribution in [2.24, 2.45) is 0 Å². The van der Waals surface area contributed by atoms with E-state index in [4.69, 9.17) is 30.5 Å². The van der Waals surface area contributed by atoms with Gasteiger partial charge in [0.25, 0.3) is 0 Å². The molecule has 3 aromatic carbocycles. The minimum atomic E-state index is 0.202. The van der Waals surface area contributed by atoms with Crippen LogP contribution < -0.4 is 24.3 Å². The lowest BCUT2D eigenvalue weighted by Gasteiger charge is -2.13. The van der Waals surface area contributed by atoms with Gasteiger partial charge in [-0.3, -0.25) is 0 Å². The van der Waals surface area contributed by atoms with E-state index >= 15 is 0 Å². The molecule has 0 spiro atoms. The number of hydrogen-bond acceptors (Lipinski definition) is 7. The van der Waals surface area contributed by atoms with Gasteiger partial charge in [-0.15, -0.1) is 0 Å². The first kappa shape index (κ1) is 19.3. The topological polar surface area (TPSA) is 74.7 Å². The van der Waals surface area contributed by atoms with Gasteiger partial charge in [0.1, 0.15) is 30.3 Å². The number of rotatable bonds is 6. The fraction of sp³-hybridized carbons (Fsp3) is 0.130. The molecule has 156 valence electrons. The van der Waals surface area contributed by atoms with E-state index in [2.05, 4.69) is 15.3 Å². The normalized spacial score (nSPS) is 12.1. The first-order valence-electron chi connectivity index (χ1n) is 9.57. The van der Waals surface area contributed by atoms with Crippen molar-refractivity contribution in [1.82, 2.24) is 9.97 Å². The molecule has 0 saturated carbocycles. The van der Waals surface area contributed by atoms with Crippen LogP contribution in [0.15, 0.2) is 60.9 Å². The maximum absolute atomic E-state index is 6.46. The van der Waals surface area contributed by atoms with Gasteiger partial charge in [0.15, 0.2) is 11.5 Å². The van der Waals surface area contributed by atoms with Crippen LogP contribution in [0.2, 0.25) is 5.02 Å². The van der Waals surface area contributed by atoms with Gasteiger partial charge in [-0.2, -0.15) is 0 Å². The second kappa shape index (κ2) is 8.20. The van der Waals surface area contributed by atoms with Gasteiger partial charge in [0.2, 0.25) is 6.79 Å². The molecular weight excluding hydrogens is 418 g/mol. The Kier molecular flexibility index (Phi) is 5.09. The molecule has 0 radical (unpaired) electrons. The molecule has 31 heavy (non-hydrogen) atoms. The number of anilines is 2. The zero-order chi connectivity index (χ0) is 21.2. The van der Waals surface area contributed by atoms with Crippen molar-refractivity contribution >= 4 is 34.0 Å². The van der Waals surface area contributed by atoms with Gasteiger partial charge in [-0.25, -0.2) is 9.97 Å². The molecule has 0 amide bonds. The Hall–Kier alpha value is -3.71. The number of ether oxygens (including phenoxy) is 4. The first-order valence-corrected chi connectivity index (χ1v) is 9.94. The number of methoxy groups -OCH3 is 1. The summed E-state index contributed by atoms with van der Waals surface area (Å²) in [6, 6.07) is 16.9. The molecule has 0 atom stereocenters. The van der Waals surface area contributed by atoms with Crippen LogP contribution in [0.25, 0.3) is 10.9 Å². The fourth-order valence-electron chi connectivity index (χ4n) is 3.36. The zero-order valence-electron chi connectivity index (χ0n) is 16.6. The van der Waals surface area contributed by atoms with Gasteiger partial charge in [0, 0.05) is 22.7 Å². The highest BCUT2D eigenvalue weighted by molar-refractivity contribution is 6.32. The fourth-order valence-corrected chi connectivity index (χ4v) is 3.59. The van der Waals surface area contributed by atoms with E-state index in [0.717, 1.165) is 27.9 Å². The monoisotopic (exact) mass is 435 g/mol. The molecule has 1 N–H and O–H groups in total. The highest BCUT2D eigenvalue weighted by Gasteiger charge is 2.17. The third kappa shape index (κ3) is 3.87. The van der Waals surface area contributed by atoms with Gasteiger partial charge < -0.3 is 24.3 Å². The van der Waals surface area contributed by atoms with Crippen LogP contribution in [-0.4, -0.2) is 23.9 Å². The average molecular weight is 436 g/mol. The van der Waals surface area contributed by atoms with Crippen LogP contribution >= 0.6 is 11.6 Å². The van der Waals surface area contributed by atoms with Crippen molar-refractivity contribution in [3.63, 3.8) is 0 Å². The lowest BCUT2D eigenvalue weighted by Crippen LogP contribution is -2.00. The predicted molar refractivity (Wildman–Crippen MR) is 118 cm³/mol. The summed E-state index contributed by atoms with van der Waals surface area (Å²) in [6.07, 6.45) is 1.50. The summed E-state index contributed by atoms with van der Waals surface area (Å²) in [5.41, 5.74) is 2.46. The first-order chi connectivity index (χ1) is 15.2. The van der Waals surface area contributed by atoms with Crippen molar-refractivity contribution in [2.75, 3.05) is 19.2 Å². The van der Waals surface area contributed by atoms with E-state index in [0.29, 0.717) is 34.7 Å². The highest BCUT2D eigenvalue weighted by Crippen LogP contribution is 2.38. The summed E-state index contributed by atoms with van der Waals surface area (Å²) in [5.74, 6) is 3.34. The molecule has 8 heteroatoms. The molecule has 7 nitrogen and oxygen atoms in total. The van der Waals surface area contributed by atoms with Gasteiger partial charge in [0.05, 0.1) is 17.6 Å². The minimum absolute atomic E-state index is 0.202. The molecule has 1 aliphatic heterocycles. The van der Waals surface area contributed by atoms with Crippen LogP contribution in [0.4, 0.5) is 11.5 Å². The number of halogens is 1. The smallest absolute Gasteiger partial charge is 0.231 e. The molecule has 0 saturated heterocycles. The Morgan fingerprint density at radius 2 is 1.84 bits per heavy atom. The average Bonchev–Trinajstić information content (AvgIpc) is 3.25. The maximum atomic E-state index is 6.46. The third-order valence-corrected chi connectivity index (χ3v) is 5.20. The van der Waals surface area contributed by atoms with Crippen LogP contribution in [0, 0.1) is 0 Å². The molecule has 0 aliphatic carbocycles. The summed E-state index contributed by atoms with van der Waals surface area (Å²) in [6.45, 7) is 0.550. The van der Waals surface area contributed by atoms with Crippen molar-refractivity contribution in [2.45, 2.75) is 6.61 Å². The van der Waals surface area contributed by atoms with E-state index in [9.17, 15) is 0 Å². The predicted octanol–water partition coefficient (Wildman–Crippen LogP) is 5.34. The van der Waals surface area contributed by atoms with Crippen molar-refractivity contribution in [3.8, 4) is 23.0 Å². The number of nitrogens with one attached hydrogen (secondary N) is 1. The second-order valence-corrected chi connectivity index (χ2v) is 7.22. The molecule has 5 rings (SSSR count). The molecule has 0 unspecified atom stereocenters. The Morgan fingerprint density at radius 1 is 1.00 bits per heavy atom. The lowest BCUT2D eigenvalue weighted by molar-refractivity contribution is 0.174. The number of para-hydroxylation sites is 1. The van der Waals surface area contributed by atoms with Gasteiger partial charge in [-0.05, 0) is 30.3 Å². The van der Waals surface area contributed by atoms with Crippen LogP contribution in [0.3, 0.4) is 0 Å². The van der Waals surface area contributed by atoms with Crippen LogP contribution in [0.1, 0.15) is 5.56 Å². The number of benzene rings is 3. The minimum Gasteiger partial charge on any atom is -0.496 e. The number of hydrogen-bond donors (Lipinski definition) is 1. The SMILES string of the molecule is COc1ccccc1COc1ccc(Nc2ncnc3cc4c(cc23)OCO4)cc1Cl. The van der Waals surface area contributed by atoms with Crippen LogP contribution in [-0.2, 0) is 6.61 Å². The quantitative estimate of drug-likeness (QED) is 0.438. The van der Waals surface area contributed by atoms with E-state index < -0.39 is 0 Å². The largest absolute Gasteiger partial charge is 0.496 e. The highest BCUT2D eigenvalue weighted by atomic mass is 35.5. The standard InChI is InChI=1S/C23H18ClN3O4/c1-28-19-5-3-2-4-14(19)11-29-20-7-6-15(8-17(20)24)27-23-16-9-21-22(31-13-30-21)10-18(16)25-12-26-23/h2-10,12H,11,13H2,1H3,(H,25,26,27). The van der Waals surface area contributed by atoms with Gasteiger partial charge in [-0.1, -0.05) is 29.8 Å². The Balaban J connectivity index is 1.36. The molecule has 2 heterocycles. The van der Waals surface area contributed by atoms with Gasteiger partial charge >= 0.3 is 0 Å². The molecule has 1 aromatic heterocycles.